The molecule has 1 unspecified atom stereocenters. The lowest BCUT2D eigenvalue weighted by Gasteiger charge is -2.18. The van der Waals surface area contributed by atoms with E-state index in [1.165, 1.54) is 4.80 Å². The van der Waals surface area contributed by atoms with E-state index < -0.39 is 12.0 Å². The van der Waals surface area contributed by atoms with Gasteiger partial charge >= 0.3 is 5.97 Å². The lowest BCUT2D eigenvalue weighted by Crippen LogP contribution is -2.31. The van der Waals surface area contributed by atoms with Crippen LogP contribution in [0.5, 0.6) is 0 Å². The molecule has 10 nitrogen and oxygen atoms in total. The van der Waals surface area contributed by atoms with Crippen LogP contribution >= 0.6 is 0 Å². The van der Waals surface area contributed by atoms with E-state index in [0.717, 1.165) is 5.56 Å². The Bertz CT molecular complexity index is 1080. The number of aliphatic carboxylic acids is 1. The van der Waals surface area contributed by atoms with Gasteiger partial charge < -0.3 is 15.7 Å². The molecule has 3 aromatic rings. The van der Waals surface area contributed by atoms with Crippen LogP contribution < -0.4 is 10.6 Å². The highest BCUT2D eigenvalue weighted by molar-refractivity contribution is 5.96. The number of carboxylic acids is 1. The summed E-state index contributed by atoms with van der Waals surface area (Å²) in [4.78, 5) is 36.8. The quantitative estimate of drug-likeness (QED) is 0.468. The number of anilines is 1. The molecule has 2 aromatic carbocycles. The molecule has 1 atom stereocenters. The number of benzene rings is 2. The molecule has 3 N–H and O–H groups in total. The summed E-state index contributed by atoms with van der Waals surface area (Å²) >= 11 is 0. The van der Waals surface area contributed by atoms with E-state index in [1.807, 2.05) is 44.2 Å². The Morgan fingerprint density at radius 2 is 1.72 bits per heavy atom. The fraction of sp³-hybridized carbons (Fsp3) is 0.273. The number of nitrogens with one attached hydrogen (secondary N) is 2. The van der Waals surface area contributed by atoms with E-state index in [1.54, 1.807) is 24.3 Å². The Hall–Kier alpha value is -4.08. The third-order valence-corrected chi connectivity index (χ3v) is 4.65. The van der Waals surface area contributed by atoms with Crippen LogP contribution in [0, 0.1) is 5.92 Å². The Labute approximate surface area is 184 Å². The first-order valence-corrected chi connectivity index (χ1v) is 10.1. The summed E-state index contributed by atoms with van der Waals surface area (Å²) in [6, 6.07) is 15.0. The highest BCUT2D eigenvalue weighted by Gasteiger charge is 2.27. The summed E-state index contributed by atoms with van der Waals surface area (Å²) < 4.78 is 0. The van der Waals surface area contributed by atoms with Crippen molar-refractivity contribution in [3.8, 4) is 11.4 Å². The first-order valence-electron chi connectivity index (χ1n) is 10.1. The maximum absolute atomic E-state index is 12.9. The van der Waals surface area contributed by atoms with Crippen molar-refractivity contribution < 1.29 is 19.5 Å². The number of hydrogen-bond donors (Lipinski definition) is 3. The Balaban J connectivity index is 1.67. The van der Waals surface area contributed by atoms with Crippen molar-refractivity contribution in [2.45, 2.75) is 26.3 Å². The second-order valence-electron chi connectivity index (χ2n) is 7.45. The molecule has 32 heavy (non-hydrogen) atoms. The van der Waals surface area contributed by atoms with E-state index in [2.05, 4.69) is 26.0 Å². The van der Waals surface area contributed by atoms with Gasteiger partial charge in [-0.1, -0.05) is 44.2 Å². The van der Waals surface area contributed by atoms with Crippen LogP contribution in [0.2, 0.25) is 0 Å². The molecule has 1 aromatic heterocycles. The molecule has 0 saturated heterocycles. The fourth-order valence-electron chi connectivity index (χ4n) is 3.03. The van der Waals surface area contributed by atoms with E-state index in [0.29, 0.717) is 17.1 Å². The number of rotatable bonds is 9. The number of carbonyl (C=O) groups excluding carboxylic acids is 2. The maximum atomic E-state index is 12.9. The van der Waals surface area contributed by atoms with E-state index >= 15 is 0 Å². The lowest BCUT2D eigenvalue weighted by molar-refractivity contribution is -0.136. The first-order chi connectivity index (χ1) is 15.3. The van der Waals surface area contributed by atoms with Gasteiger partial charge in [0.1, 0.15) is 0 Å². The second kappa shape index (κ2) is 10.3. The molecule has 0 aliphatic carbocycles. The highest BCUT2D eigenvalue weighted by Crippen LogP contribution is 2.21. The number of tetrazole rings is 1. The minimum atomic E-state index is -0.985. The Morgan fingerprint density at radius 1 is 1.03 bits per heavy atom. The second-order valence-corrected chi connectivity index (χ2v) is 7.45. The first kappa shape index (κ1) is 22.6. The van der Waals surface area contributed by atoms with Gasteiger partial charge in [-0.15, -0.1) is 10.2 Å². The largest absolute Gasteiger partial charge is 0.481 e. The van der Waals surface area contributed by atoms with Crippen LogP contribution in [0.15, 0.2) is 54.6 Å². The van der Waals surface area contributed by atoms with Gasteiger partial charge in [-0.05, 0) is 35.4 Å². The van der Waals surface area contributed by atoms with Crippen molar-refractivity contribution in [1.82, 2.24) is 25.5 Å². The maximum Gasteiger partial charge on any atom is 0.305 e. The molecule has 3 rings (SSSR count). The van der Waals surface area contributed by atoms with Crippen molar-refractivity contribution in [3.63, 3.8) is 0 Å². The van der Waals surface area contributed by atoms with E-state index in [4.69, 9.17) is 5.11 Å². The predicted octanol–water partition coefficient (Wildman–Crippen LogP) is 2.38. The molecule has 1 heterocycles. The summed E-state index contributed by atoms with van der Waals surface area (Å²) in [6.07, 6.45) is -0.154. The van der Waals surface area contributed by atoms with Crippen LogP contribution in [-0.2, 0) is 9.59 Å². The van der Waals surface area contributed by atoms with E-state index in [9.17, 15) is 14.4 Å². The Morgan fingerprint density at radius 3 is 2.34 bits per heavy atom. The minimum Gasteiger partial charge on any atom is -0.481 e. The van der Waals surface area contributed by atoms with Crippen molar-refractivity contribution in [1.29, 1.82) is 0 Å². The average molecular weight is 436 g/mol. The normalized spacial score (nSPS) is 11.7. The fourth-order valence-corrected chi connectivity index (χ4v) is 3.03. The SMILES string of the molecule is CC(C)C(C(=O)Nc1ccc(C(=O)NCCC(=O)O)cc1)n1nnc(-c2ccccc2)n1. The van der Waals surface area contributed by atoms with Gasteiger partial charge in [-0.3, -0.25) is 14.4 Å². The number of aromatic nitrogens is 4. The number of carboxylic acid groups (broad SMARTS) is 1. The molecule has 0 aliphatic heterocycles. The van der Waals surface area contributed by atoms with Crippen molar-refractivity contribution in [2.75, 3.05) is 11.9 Å². The molecule has 0 saturated carbocycles. The monoisotopic (exact) mass is 436 g/mol. The molecule has 166 valence electrons. The predicted molar refractivity (Wildman–Crippen MR) is 117 cm³/mol. The summed E-state index contributed by atoms with van der Waals surface area (Å²) in [7, 11) is 0. The van der Waals surface area contributed by atoms with Gasteiger partial charge in [-0.25, -0.2) is 0 Å². The summed E-state index contributed by atoms with van der Waals surface area (Å²) in [5.74, 6) is -1.35. The zero-order chi connectivity index (χ0) is 23.1. The minimum absolute atomic E-state index is 0.0403. The molecule has 0 spiro atoms. The van der Waals surface area contributed by atoms with Crippen molar-refractivity contribution in [3.05, 3.63) is 60.2 Å². The molecule has 0 radical (unpaired) electrons. The molecule has 0 fully saturated rings. The van der Waals surface area contributed by atoms with Gasteiger partial charge in [0.15, 0.2) is 6.04 Å². The molecular weight excluding hydrogens is 412 g/mol. The van der Waals surface area contributed by atoms with Crippen LogP contribution in [-0.4, -0.2) is 49.6 Å². The Kier molecular flexibility index (Phi) is 7.27. The van der Waals surface area contributed by atoms with E-state index in [-0.39, 0.29) is 30.7 Å². The number of amides is 2. The zero-order valence-corrected chi connectivity index (χ0v) is 17.7. The van der Waals surface area contributed by atoms with Gasteiger partial charge in [0.05, 0.1) is 6.42 Å². The molecular formula is C22H24N6O4. The lowest BCUT2D eigenvalue weighted by atomic mass is 10.0. The van der Waals surface area contributed by atoms with Gasteiger partial charge in [0.25, 0.3) is 11.8 Å². The van der Waals surface area contributed by atoms with Gasteiger partial charge in [-0.2, -0.15) is 4.80 Å². The van der Waals surface area contributed by atoms with Gasteiger partial charge in [0.2, 0.25) is 5.82 Å². The molecule has 2 amide bonds. The molecule has 0 aliphatic rings. The smallest absolute Gasteiger partial charge is 0.305 e. The third kappa shape index (κ3) is 5.75. The molecule has 0 bridgehead atoms. The summed E-state index contributed by atoms with van der Waals surface area (Å²) in [6.45, 7) is 3.82. The third-order valence-electron chi connectivity index (χ3n) is 4.65. The van der Waals surface area contributed by atoms with Gasteiger partial charge in [0, 0.05) is 23.4 Å². The zero-order valence-electron chi connectivity index (χ0n) is 17.7. The number of carbonyl (C=O) groups is 3. The summed E-state index contributed by atoms with van der Waals surface area (Å²) in [5, 5.41) is 26.5. The van der Waals surface area contributed by atoms with Crippen LogP contribution in [0.3, 0.4) is 0 Å². The summed E-state index contributed by atoms with van der Waals surface area (Å²) in [5.41, 5.74) is 1.67. The van der Waals surface area contributed by atoms with Crippen LogP contribution in [0.1, 0.15) is 36.7 Å². The number of nitrogens with zero attached hydrogens (tertiary/aromatic N) is 4. The van der Waals surface area contributed by atoms with Crippen molar-refractivity contribution in [2.24, 2.45) is 5.92 Å². The number of hydrogen-bond acceptors (Lipinski definition) is 6. The average Bonchev–Trinajstić information content (AvgIpc) is 3.24. The topological polar surface area (TPSA) is 139 Å². The standard InChI is InChI=1S/C22H24N6O4/c1-14(2)19(28-26-20(25-27-28)15-6-4-3-5-7-15)22(32)24-17-10-8-16(9-11-17)21(31)23-13-12-18(29)30/h3-11,14,19H,12-13H2,1-2H3,(H,23,31)(H,24,32)(H,29,30). The van der Waals surface area contributed by atoms with Crippen LogP contribution in [0.4, 0.5) is 5.69 Å². The molecule has 10 heteroatoms. The van der Waals surface area contributed by atoms with Crippen molar-refractivity contribution >= 4 is 23.5 Å². The van der Waals surface area contributed by atoms with Crippen LogP contribution in [0.25, 0.3) is 11.4 Å². The highest BCUT2D eigenvalue weighted by atomic mass is 16.4.